The standard InChI is InChI=1S/C13H15NO3/c1-2-9-3-4-11-10(7-9)5-6-14(13(11)17)8-12(15)16/h3-4,7H,2,5-6,8H2,1H3,(H,15,16). The van der Waals surface area contributed by atoms with Crippen LogP contribution >= 0.6 is 0 Å². The predicted octanol–water partition coefficient (Wildman–Crippen LogP) is 1.33. The van der Waals surface area contributed by atoms with Crippen molar-refractivity contribution in [1.29, 1.82) is 0 Å². The van der Waals surface area contributed by atoms with Gasteiger partial charge >= 0.3 is 5.97 Å². The molecule has 4 nitrogen and oxygen atoms in total. The van der Waals surface area contributed by atoms with Crippen molar-refractivity contribution >= 4 is 11.9 Å². The Kier molecular flexibility index (Phi) is 3.13. The molecule has 0 bridgehead atoms. The molecule has 0 aromatic heterocycles. The van der Waals surface area contributed by atoms with E-state index in [9.17, 15) is 9.59 Å². The molecule has 1 aromatic rings. The minimum absolute atomic E-state index is 0.170. The van der Waals surface area contributed by atoms with Crippen LogP contribution in [-0.2, 0) is 17.6 Å². The van der Waals surface area contributed by atoms with Gasteiger partial charge in [0.15, 0.2) is 0 Å². The van der Waals surface area contributed by atoms with E-state index in [1.54, 1.807) is 0 Å². The lowest BCUT2D eigenvalue weighted by atomic mass is 9.96. The van der Waals surface area contributed by atoms with Crippen molar-refractivity contribution in [2.75, 3.05) is 13.1 Å². The summed E-state index contributed by atoms with van der Waals surface area (Å²) in [5.41, 5.74) is 2.90. The largest absolute Gasteiger partial charge is 0.480 e. The van der Waals surface area contributed by atoms with Gasteiger partial charge in [-0.2, -0.15) is 0 Å². The molecule has 1 aliphatic heterocycles. The first-order valence-electron chi connectivity index (χ1n) is 5.74. The van der Waals surface area contributed by atoms with Gasteiger partial charge < -0.3 is 10.0 Å². The highest BCUT2D eigenvalue weighted by Gasteiger charge is 2.25. The number of carboxylic acids is 1. The summed E-state index contributed by atoms with van der Waals surface area (Å²) in [7, 11) is 0. The van der Waals surface area contributed by atoms with Crippen LogP contribution in [0.25, 0.3) is 0 Å². The number of amides is 1. The lowest BCUT2D eigenvalue weighted by Crippen LogP contribution is -2.40. The summed E-state index contributed by atoms with van der Waals surface area (Å²) in [6.45, 7) is 2.35. The highest BCUT2D eigenvalue weighted by atomic mass is 16.4. The third-order valence-electron chi connectivity index (χ3n) is 3.07. The third-order valence-corrected chi connectivity index (χ3v) is 3.07. The Morgan fingerprint density at radius 1 is 1.47 bits per heavy atom. The Bertz CT molecular complexity index is 468. The van der Waals surface area contributed by atoms with Gasteiger partial charge in [-0.15, -0.1) is 0 Å². The van der Waals surface area contributed by atoms with Gasteiger partial charge in [0.1, 0.15) is 6.54 Å². The number of carbonyl (C=O) groups excluding carboxylic acids is 1. The van der Waals surface area contributed by atoms with Crippen molar-refractivity contribution in [1.82, 2.24) is 4.90 Å². The summed E-state index contributed by atoms with van der Waals surface area (Å²) in [5.74, 6) is -1.14. The molecule has 0 spiro atoms. The second-order valence-corrected chi connectivity index (χ2v) is 4.22. The van der Waals surface area contributed by atoms with Crippen LogP contribution in [0.15, 0.2) is 18.2 Å². The summed E-state index contributed by atoms with van der Waals surface area (Å²) >= 11 is 0. The number of aliphatic carboxylic acids is 1. The number of benzene rings is 1. The minimum atomic E-state index is -0.966. The molecule has 2 rings (SSSR count). The Labute approximate surface area is 99.9 Å². The van der Waals surface area contributed by atoms with E-state index in [4.69, 9.17) is 5.11 Å². The first kappa shape index (κ1) is 11.6. The molecule has 1 aromatic carbocycles. The molecule has 0 saturated carbocycles. The molecule has 4 heteroatoms. The summed E-state index contributed by atoms with van der Waals surface area (Å²) < 4.78 is 0. The summed E-state index contributed by atoms with van der Waals surface area (Å²) in [6, 6.07) is 5.79. The number of hydrogen-bond acceptors (Lipinski definition) is 2. The molecule has 0 radical (unpaired) electrons. The quantitative estimate of drug-likeness (QED) is 0.856. The molecule has 0 saturated heterocycles. The molecule has 1 heterocycles. The molecule has 1 amide bonds. The van der Waals surface area contributed by atoms with E-state index in [0.29, 0.717) is 12.1 Å². The maximum absolute atomic E-state index is 12.0. The molecule has 17 heavy (non-hydrogen) atoms. The van der Waals surface area contributed by atoms with Gasteiger partial charge in [-0.1, -0.05) is 19.1 Å². The molecule has 0 aliphatic carbocycles. The number of nitrogens with zero attached hydrogens (tertiary/aromatic N) is 1. The average Bonchev–Trinajstić information content (AvgIpc) is 2.32. The number of fused-ring (bicyclic) bond motifs is 1. The maximum atomic E-state index is 12.0. The second kappa shape index (κ2) is 4.57. The van der Waals surface area contributed by atoms with Crippen LogP contribution in [0, 0.1) is 0 Å². The second-order valence-electron chi connectivity index (χ2n) is 4.22. The zero-order chi connectivity index (χ0) is 12.4. The first-order valence-corrected chi connectivity index (χ1v) is 5.74. The van der Waals surface area contributed by atoms with Crippen LogP contribution in [0.4, 0.5) is 0 Å². The number of rotatable bonds is 3. The SMILES string of the molecule is CCc1ccc2c(c1)CCN(CC(=O)O)C2=O. The van der Waals surface area contributed by atoms with E-state index in [1.165, 1.54) is 10.5 Å². The van der Waals surface area contributed by atoms with Crippen LogP contribution in [0.1, 0.15) is 28.4 Å². The summed E-state index contributed by atoms with van der Waals surface area (Å²) in [5, 5.41) is 8.72. The normalized spacial score (nSPS) is 14.6. The fourth-order valence-electron chi connectivity index (χ4n) is 2.12. The van der Waals surface area contributed by atoms with Crippen LogP contribution in [0.2, 0.25) is 0 Å². The Morgan fingerprint density at radius 3 is 2.88 bits per heavy atom. The molecule has 0 atom stereocenters. The zero-order valence-electron chi connectivity index (χ0n) is 9.77. The van der Waals surface area contributed by atoms with E-state index in [1.807, 2.05) is 18.2 Å². The van der Waals surface area contributed by atoms with Crippen LogP contribution < -0.4 is 0 Å². The van der Waals surface area contributed by atoms with Crippen LogP contribution in [0.5, 0.6) is 0 Å². The van der Waals surface area contributed by atoms with Gasteiger partial charge in [0.25, 0.3) is 5.91 Å². The fourth-order valence-corrected chi connectivity index (χ4v) is 2.12. The Morgan fingerprint density at radius 2 is 2.24 bits per heavy atom. The highest BCUT2D eigenvalue weighted by molar-refractivity contribution is 5.98. The number of aryl methyl sites for hydroxylation is 1. The van der Waals surface area contributed by atoms with Crippen molar-refractivity contribution in [3.05, 3.63) is 34.9 Å². The maximum Gasteiger partial charge on any atom is 0.323 e. The lowest BCUT2D eigenvalue weighted by Gasteiger charge is -2.27. The van der Waals surface area contributed by atoms with Crippen LogP contribution in [0.3, 0.4) is 0 Å². The molecule has 1 aliphatic rings. The van der Waals surface area contributed by atoms with E-state index >= 15 is 0 Å². The van der Waals surface area contributed by atoms with Gasteiger partial charge in [0, 0.05) is 12.1 Å². The molecule has 90 valence electrons. The van der Waals surface area contributed by atoms with E-state index in [2.05, 4.69) is 6.92 Å². The molecule has 1 N–H and O–H groups in total. The highest BCUT2D eigenvalue weighted by Crippen LogP contribution is 2.20. The molecular weight excluding hydrogens is 218 g/mol. The van der Waals surface area contributed by atoms with Crippen molar-refractivity contribution in [2.45, 2.75) is 19.8 Å². The Balaban J connectivity index is 2.27. The number of carboxylic acid groups (broad SMARTS) is 1. The topological polar surface area (TPSA) is 57.6 Å². The van der Waals surface area contributed by atoms with E-state index in [0.717, 1.165) is 18.4 Å². The van der Waals surface area contributed by atoms with Gasteiger partial charge in [0.05, 0.1) is 0 Å². The third kappa shape index (κ3) is 2.30. The van der Waals surface area contributed by atoms with Gasteiger partial charge in [-0.05, 0) is 30.0 Å². The molecular formula is C13H15NO3. The van der Waals surface area contributed by atoms with Crippen molar-refractivity contribution < 1.29 is 14.7 Å². The number of hydrogen-bond donors (Lipinski definition) is 1. The van der Waals surface area contributed by atoms with Gasteiger partial charge in [-0.3, -0.25) is 9.59 Å². The van der Waals surface area contributed by atoms with E-state index in [-0.39, 0.29) is 12.5 Å². The molecule has 0 fully saturated rings. The fraction of sp³-hybridized carbons (Fsp3) is 0.385. The monoisotopic (exact) mass is 233 g/mol. The van der Waals surface area contributed by atoms with Crippen molar-refractivity contribution in [3.63, 3.8) is 0 Å². The predicted molar refractivity (Wildman–Crippen MR) is 63.1 cm³/mol. The summed E-state index contributed by atoms with van der Waals surface area (Å²) in [4.78, 5) is 24.0. The first-order chi connectivity index (χ1) is 8.11. The van der Waals surface area contributed by atoms with Gasteiger partial charge in [0.2, 0.25) is 0 Å². The van der Waals surface area contributed by atoms with E-state index < -0.39 is 5.97 Å². The average molecular weight is 233 g/mol. The smallest absolute Gasteiger partial charge is 0.323 e. The summed E-state index contributed by atoms with van der Waals surface area (Å²) in [6.07, 6.45) is 1.68. The van der Waals surface area contributed by atoms with Crippen molar-refractivity contribution in [2.24, 2.45) is 0 Å². The zero-order valence-corrected chi connectivity index (χ0v) is 9.77. The lowest BCUT2D eigenvalue weighted by molar-refractivity contribution is -0.137. The van der Waals surface area contributed by atoms with Crippen LogP contribution in [-0.4, -0.2) is 35.0 Å². The Hall–Kier alpha value is -1.84. The van der Waals surface area contributed by atoms with Crippen molar-refractivity contribution in [3.8, 4) is 0 Å². The molecule has 0 unspecified atom stereocenters. The minimum Gasteiger partial charge on any atom is -0.480 e. The van der Waals surface area contributed by atoms with Gasteiger partial charge in [-0.25, -0.2) is 0 Å². The number of carbonyl (C=O) groups is 2.